The lowest BCUT2D eigenvalue weighted by molar-refractivity contribution is 0.294. The van der Waals surface area contributed by atoms with Gasteiger partial charge in [-0.2, -0.15) is 9.97 Å². The Labute approximate surface area is 125 Å². The number of hydrogen-bond donors (Lipinski definition) is 3. The molecule has 21 heavy (non-hydrogen) atoms. The molecule has 0 aliphatic heterocycles. The Hall–Kier alpha value is -1.89. The second-order valence-electron chi connectivity index (χ2n) is 5.06. The predicted molar refractivity (Wildman–Crippen MR) is 86.7 cm³/mol. The molecule has 0 amide bonds. The second kappa shape index (κ2) is 7.21. The average molecular weight is 291 g/mol. The quantitative estimate of drug-likeness (QED) is 0.689. The molecule has 3 N–H and O–H groups in total. The van der Waals surface area contributed by atoms with Gasteiger partial charge in [0.25, 0.3) is 0 Å². The zero-order valence-electron chi connectivity index (χ0n) is 13.3. The smallest absolute Gasteiger partial charge is 0.226 e. The van der Waals surface area contributed by atoms with Gasteiger partial charge in [0.2, 0.25) is 5.95 Å². The van der Waals surface area contributed by atoms with Crippen molar-refractivity contribution in [3.8, 4) is 0 Å². The largest absolute Gasteiger partial charge is 0.364 e. The van der Waals surface area contributed by atoms with Crippen molar-refractivity contribution in [2.24, 2.45) is 0 Å². The molecule has 0 radical (unpaired) electrons. The number of hydrogen-bond acceptors (Lipinski definition) is 6. The zero-order valence-corrected chi connectivity index (χ0v) is 13.3. The van der Waals surface area contributed by atoms with Crippen LogP contribution in [0.3, 0.4) is 0 Å². The van der Waals surface area contributed by atoms with E-state index in [-0.39, 0.29) is 0 Å². The molecule has 2 rings (SSSR count). The van der Waals surface area contributed by atoms with Crippen LogP contribution in [0.1, 0.15) is 27.7 Å². The summed E-state index contributed by atoms with van der Waals surface area (Å²) < 4.78 is 0. The summed E-state index contributed by atoms with van der Waals surface area (Å²) in [6.45, 7) is 12.4. The Bertz CT molecular complexity index is 561. The first kappa shape index (κ1) is 15.5. The highest BCUT2D eigenvalue weighted by Gasteiger charge is 2.13. The summed E-state index contributed by atoms with van der Waals surface area (Å²) in [5.74, 6) is 1.41. The lowest BCUT2D eigenvalue weighted by atomic mass is 10.3. The van der Waals surface area contributed by atoms with Crippen LogP contribution in [-0.4, -0.2) is 57.1 Å². The number of nitrogens with one attached hydrogen (secondary N) is 3. The number of likely N-dealkylation sites (N-methyl/N-ethyl adjacent to an activating group) is 1. The van der Waals surface area contributed by atoms with Crippen molar-refractivity contribution in [2.75, 3.05) is 36.8 Å². The van der Waals surface area contributed by atoms with Crippen LogP contribution >= 0.6 is 0 Å². The van der Waals surface area contributed by atoms with Gasteiger partial charge in [0.05, 0.1) is 6.33 Å². The molecule has 116 valence electrons. The number of fused-ring (bicyclic) bond motifs is 1. The number of aromatic nitrogens is 4. The van der Waals surface area contributed by atoms with E-state index in [1.807, 2.05) is 6.92 Å². The fourth-order valence-electron chi connectivity index (χ4n) is 2.32. The number of nitrogens with zero attached hydrogens (tertiary/aromatic N) is 4. The zero-order chi connectivity index (χ0) is 15.2. The van der Waals surface area contributed by atoms with Gasteiger partial charge in [-0.05, 0) is 26.9 Å². The van der Waals surface area contributed by atoms with Gasteiger partial charge < -0.3 is 20.5 Å². The Morgan fingerprint density at radius 3 is 2.67 bits per heavy atom. The van der Waals surface area contributed by atoms with Gasteiger partial charge in [-0.25, -0.2) is 4.98 Å². The first-order valence-electron chi connectivity index (χ1n) is 7.61. The Kier molecular flexibility index (Phi) is 5.32. The fraction of sp³-hybridized carbons (Fsp3) is 0.643. The van der Waals surface area contributed by atoms with Crippen LogP contribution in [0.25, 0.3) is 11.2 Å². The number of aromatic amines is 1. The minimum absolute atomic E-state index is 0.292. The molecule has 0 saturated heterocycles. The molecule has 0 aliphatic carbocycles. The first-order valence-corrected chi connectivity index (χ1v) is 7.61. The van der Waals surface area contributed by atoms with Gasteiger partial charge in [0.15, 0.2) is 11.5 Å². The first-order chi connectivity index (χ1) is 10.2. The molecular formula is C14H25N7. The predicted octanol–water partition coefficient (Wildman–Crippen LogP) is 1.93. The molecule has 0 aliphatic rings. The molecule has 2 heterocycles. The topological polar surface area (TPSA) is 81.8 Å². The minimum Gasteiger partial charge on any atom is -0.364 e. The maximum atomic E-state index is 4.54. The van der Waals surface area contributed by atoms with Crippen molar-refractivity contribution in [1.82, 2.24) is 24.8 Å². The van der Waals surface area contributed by atoms with Crippen molar-refractivity contribution in [1.29, 1.82) is 0 Å². The molecule has 0 saturated carbocycles. The molecule has 0 bridgehead atoms. The van der Waals surface area contributed by atoms with Crippen molar-refractivity contribution >= 4 is 22.9 Å². The monoisotopic (exact) mass is 291 g/mol. The third kappa shape index (κ3) is 3.81. The van der Waals surface area contributed by atoms with Gasteiger partial charge in [0.1, 0.15) is 5.52 Å². The lowest BCUT2D eigenvalue weighted by Gasteiger charge is -2.24. The van der Waals surface area contributed by atoms with Crippen LogP contribution in [0.4, 0.5) is 11.8 Å². The van der Waals surface area contributed by atoms with Gasteiger partial charge in [-0.3, -0.25) is 0 Å². The van der Waals surface area contributed by atoms with Crippen LogP contribution in [0.15, 0.2) is 6.33 Å². The maximum absolute atomic E-state index is 4.54. The van der Waals surface area contributed by atoms with E-state index in [9.17, 15) is 0 Å². The van der Waals surface area contributed by atoms with Gasteiger partial charge in [0, 0.05) is 19.1 Å². The van der Waals surface area contributed by atoms with E-state index in [4.69, 9.17) is 0 Å². The van der Waals surface area contributed by atoms with E-state index in [2.05, 4.69) is 56.2 Å². The lowest BCUT2D eigenvalue weighted by Crippen LogP contribution is -2.35. The standard InChI is InChI=1S/C14H25N7/c1-5-15-14-19-12-11(16-9-17-12)13(20-14)18-10(4)8-21(6-2)7-3/h9-10H,5-8H2,1-4H3,(H3,15,16,17,18,19,20). The average Bonchev–Trinajstić information content (AvgIpc) is 2.93. The summed E-state index contributed by atoms with van der Waals surface area (Å²) in [6, 6.07) is 0.292. The summed E-state index contributed by atoms with van der Waals surface area (Å²) in [7, 11) is 0. The van der Waals surface area contributed by atoms with Crippen molar-refractivity contribution < 1.29 is 0 Å². The number of anilines is 2. The fourth-order valence-corrected chi connectivity index (χ4v) is 2.32. The third-order valence-corrected chi connectivity index (χ3v) is 3.43. The molecule has 7 nitrogen and oxygen atoms in total. The summed E-state index contributed by atoms with van der Waals surface area (Å²) >= 11 is 0. The van der Waals surface area contributed by atoms with Gasteiger partial charge in [-0.15, -0.1) is 0 Å². The van der Waals surface area contributed by atoms with E-state index < -0.39 is 0 Å². The van der Waals surface area contributed by atoms with Gasteiger partial charge >= 0.3 is 0 Å². The molecule has 0 spiro atoms. The molecule has 0 fully saturated rings. The van der Waals surface area contributed by atoms with Crippen LogP contribution in [0.5, 0.6) is 0 Å². The van der Waals surface area contributed by atoms with E-state index in [1.54, 1.807) is 6.33 Å². The Morgan fingerprint density at radius 1 is 1.24 bits per heavy atom. The summed E-state index contributed by atoms with van der Waals surface area (Å²) in [5, 5.41) is 6.60. The molecule has 2 aromatic rings. The van der Waals surface area contributed by atoms with Crippen molar-refractivity contribution in [3.63, 3.8) is 0 Å². The summed E-state index contributed by atoms with van der Waals surface area (Å²) in [4.78, 5) is 18.6. The van der Waals surface area contributed by atoms with E-state index in [0.29, 0.717) is 17.6 Å². The Morgan fingerprint density at radius 2 is 2.00 bits per heavy atom. The normalized spacial score (nSPS) is 12.8. The Balaban J connectivity index is 2.17. The molecular weight excluding hydrogens is 266 g/mol. The number of H-pyrrole nitrogens is 1. The van der Waals surface area contributed by atoms with Gasteiger partial charge in [-0.1, -0.05) is 13.8 Å². The molecule has 1 atom stereocenters. The SMILES string of the molecule is CCNc1nc(NC(C)CN(CC)CC)c2[nH]cnc2n1. The molecule has 0 aromatic carbocycles. The van der Waals surface area contributed by atoms with Crippen LogP contribution in [-0.2, 0) is 0 Å². The molecule has 7 heteroatoms. The number of imidazole rings is 1. The highest BCUT2D eigenvalue weighted by molar-refractivity contribution is 5.83. The van der Waals surface area contributed by atoms with Crippen LogP contribution in [0, 0.1) is 0 Å². The van der Waals surface area contributed by atoms with Crippen LogP contribution < -0.4 is 10.6 Å². The van der Waals surface area contributed by atoms with E-state index >= 15 is 0 Å². The summed E-state index contributed by atoms with van der Waals surface area (Å²) in [5.41, 5.74) is 1.53. The van der Waals surface area contributed by atoms with E-state index in [1.165, 1.54) is 0 Å². The highest BCUT2D eigenvalue weighted by atomic mass is 15.2. The highest BCUT2D eigenvalue weighted by Crippen LogP contribution is 2.19. The molecule has 2 aromatic heterocycles. The van der Waals surface area contributed by atoms with Crippen LogP contribution in [0.2, 0.25) is 0 Å². The minimum atomic E-state index is 0.292. The number of rotatable bonds is 8. The maximum Gasteiger partial charge on any atom is 0.226 e. The van der Waals surface area contributed by atoms with Crippen molar-refractivity contribution in [2.45, 2.75) is 33.7 Å². The molecule has 1 unspecified atom stereocenters. The van der Waals surface area contributed by atoms with Crippen molar-refractivity contribution in [3.05, 3.63) is 6.33 Å². The third-order valence-electron chi connectivity index (χ3n) is 3.43. The summed E-state index contributed by atoms with van der Waals surface area (Å²) in [6.07, 6.45) is 1.65. The second-order valence-corrected chi connectivity index (χ2v) is 5.06. The van der Waals surface area contributed by atoms with E-state index in [0.717, 1.165) is 37.5 Å².